The van der Waals surface area contributed by atoms with Crippen LogP contribution in [0.3, 0.4) is 0 Å². The van der Waals surface area contributed by atoms with Gasteiger partial charge in [-0.15, -0.1) is 0 Å². The van der Waals surface area contributed by atoms with E-state index in [0.717, 1.165) is 10.9 Å². The third kappa shape index (κ3) is 3.23. The van der Waals surface area contributed by atoms with Crippen LogP contribution in [0.5, 0.6) is 0 Å². The first kappa shape index (κ1) is 13.8. The van der Waals surface area contributed by atoms with Crippen LogP contribution in [0.2, 0.25) is 0 Å². The number of hydrogen-bond acceptors (Lipinski definition) is 4. The summed E-state index contributed by atoms with van der Waals surface area (Å²) in [6.07, 6.45) is 2.38. The van der Waals surface area contributed by atoms with Crippen molar-refractivity contribution in [2.75, 3.05) is 32.0 Å². The van der Waals surface area contributed by atoms with E-state index in [-0.39, 0.29) is 18.4 Å². The van der Waals surface area contributed by atoms with E-state index in [1.165, 1.54) is 0 Å². The zero-order valence-electron chi connectivity index (χ0n) is 10.6. The molecule has 0 unspecified atom stereocenters. The highest BCUT2D eigenvalue weighted by Gasteiger charge is 2.23. The first-order chi connectivity index (χ1) is 9.11. The third-order valence-electron chi connectivity index (χ3n) is 2.87. The molecule has 6 nitrogen and oxygen atoms in total. The number of amides is 2. The molecule has 19 heavy (non-hydrogen) atoms. The molecule has 102 valence electrons. The number of pyridine rings is 1. The van der Waals surface area contributed by atoms with Gasteiger partial charge in [0.1, 0.15) is 5.82 Å². The topological polar surface area (TPSA) is 74.3 Å². The maximum atomic E-state index is 12.5. The highest BCUT2D eigenvalue weighted by Crippen LogP contribution is 2.19. The zero-order valence-corrected chi connectivity index (χ0v) is 12.2. The van der Waals surface area contributed by atoms with Gasteiger partial charge >= 0.3 is 0 Å². The van der Waals surface area contributed by atoms with Gasteiger partial charge in [-0.25, -0.2) is 4.98 Å². The Morgan fingerprint density at radius 3 is 3.11 bits per heavy atom. The molecule has 7 heteroatoms. The quantitative estimate of drug-likeness (QED) is 0.844. The molecular formula is C12H15BrN4O2. The molecular weight excluding hydrogens is 312 g/mol. The maximum absolute atomic E-state index is 12.5. The van der Waals surface area contributed by atoms with Crippen molar-refractivity contribution in [1.29, 1.82) is 0 Å². The van der Waals surface area contributed by atoms with Gasteiger partial charge in [0.25, 0.3) is 5.91 Å². The lowest BCUT2D eigenvalue weighted by molar-refractivity contribution is -0.121. The Hall–Kier alpha value is -1.63. The highest BCUT2D eigenvalue weighted by atomic mass is 79.9. The van der Waals surface area contributed by atoms with Crippen molar-refractivity contribution < 1.29 is 9.59 Å². The van der Waals surface area contributed by atoms with E-state index in [4.69, 9.17) is 0 Å². The number of aromatic nitrogens is 1. The largest absolute Gasteiger partial charge is 0.372 e. The number of rotatable bonds is 2. The molecule has 1 aliphatic rings. The Morgan fingerprint density at radius 2 is 2.37 bits per heavy atom. The van der Waals surface area contributed by atoms with Gasteiger partial charge in [0, 0.05) is 30.8 Å². The highest BCUT2D eigenvalue weighted by molar-refractivity contribution is 9.10. The molecule has 1 saturated heterocycles. The van der Waals surface area contributed by atoms with E-state index in [1.807, 2.05) is 0 Å². The van der Waals surface area contributed by atoms with Gasteiger partial charge in [0.15, 0.2) is 0 Å². The van der Waals surface area contributed by atoms with Crippen molar-refractivity contribution >= 4 is 33.6 Å². The fourth-order valence-electron chi connectivity index (χ4n) is 1.95. The molecule has 0 aliphatic carbocycles. The van der Waals surface area contributed by atoms with E-state index < -0.39 is 0 Å². The molecule has 2 N–H and O–H groups in total. The Labute approximate surface area is 119 Å². The average Bonchev–Trinajstić information content (AvgIpc) is 2.62. The SMILES string of the molecule is CNc1ncc(Br)cc1C(=O)N1CCCNC(=O)C1. The summed E-state index contributed by atoms with van der Waals surface area (Å²) in [4.78, 5) is 29.7. The summed E-state index contributed by atoms with van der Waals surface area (Å²) in [5, 5.41) is 5.64. The van der Waals surface area contributed by atoms with Crippen molar-refractivity contribution in [3.63, 3.8) is 0 Å². The minimum absolute atomic E-state index is 0.0918. The van der Waals surface area contributed by atoms with E-state index in [2.05, 4.69) is 31.5 Å². The average molecular weight is 327 g/mol. The van der Waals surface area contributed by atoms with Crippen LogP contribution in [0.25, 0.3) is 0 Å². The van der Waals surface area contributed by atoms with Gasteiger partial charge in [0.2, 0.25) is 5.91 Å². The van der Waals surface area contributed by atoms with Crippen LogP contribution in [-0.4, -0.2) is 48.4 Å². The second-order valence-electron chi connectivity index (χ2n) is 4.23. The lowest BCUT2D eigenvalue weighted by Gasteiger charge is -2.20. The Bertz CT molecular complexity index is 507. The van der Waals surface area contributed by atoms with Gasteiger partial charge < -0.3 is 15.5 Å². The van der Waals surface area contributed by atoms with Crippen molar-refractivity contribution in [3.05, 3.63) is 22.3 Å². The lowest BCUT2D eigenvalue weighted by Crippen LogP contribution is -2.37. The zero-order chi connectivity index (χ0) is 13.8. The molecule has 1 aliphatic heterocycles. The Morgan fingerprint density at radius 1 is 1.58 bits per heavy atom. The molecule has 0 radical (unpaired) electrons. The second kappa shape index (κ2) is 6.01. The number of anilines is 1. The fourth-order valence-corrected chi connectivity index (χ4v) is 2.28. The number of carbonyl (C=O) groups excluding carboxylic acids is 2. The molecule has 0 spiro atoms. The number of hydrogen-bond donors (Lipinski definition) is 2. The maximum Gasteiger partial charge on any atom is 0.258 e. The van der Waals surface area contributed by atoms with Crippen LogP contribution in [0.15, 0.2) is 16.7 Å². The molecule has 0 bridgehead atoms. The minimum atomic E-state index is -0.185. The molecule has 1 aromatic rings. The molecule has 0 atom stereocenters. The summed E-state index contributed by atoms with van der Waals surface area (Å²) >= 11 is 3.30. The first-order valence-electron chi connectivity index (χ1n) is 6.01. The normalized spacial score (nSPS) is 15.7. The summed E-state index contributed by atoms with van der Waals surface area (Å²) in [6.45, 7) is 1.26. The third-order valence-corrected chi connectivity index (χ3v) is 3.30. The lowest BCUT2D eigenvalue weighted by atomic mass is 10.2. The molecule has 1 aromatic heterocycles. The summed E-state index contributed by atoms with van der Waals surface area (Å²) in [7, 11) is 1.71. The molecule has 0 aromatic carbocycles. The molecule has 2 heterocycles. The van der Waals surface area contributed by atoms with Crippen LogP contribution in [0, 0.1) is 0 Å². The van der Waals surface area contributed by atoms with E-state index in [0.29, 0.717) is 24.5 Å². The Kier molecular flexibility index (Phi) is 4.36. The minimum Gasteiger partial charge on any atom is -0.372 e. The van der Waals surface area contributed by atoms with E-state index >= 15 is 0 Å². The Balaban J connectivity index is 2.27. The predicted molar refractivity (Wildman–Crippen MR) is 75.0 cm³/mol. The van der Waals surface area contributed by atoms with Gasteiger partial charge in [0.05, 0.1) is 12.1 Å². The standard InChI is InChI=1S/C12H15BrN4O2/c1-14-11-9(5-8(13)6-16-11)12(19)17-4-2-3-15-10(18)7-17/h5-6H,2-4,7H2,1H3,(H,14,16)(H,15,18). The van der Waals surface area contributed by atoms with Gasteiger partial charge in [-0.1, -0.05) is 0 Å². The van der Waals surface area contributed by atoms with Crippen molar-refractivity contribution in [2.45, 2.75) is 6.42 Å². The van der Waals surface area contributed by atoms with Crippen LogP contribution in [-0.2, 0) is 4.79 Å². The van der Waals surface area contributed by atoms with Crippen LogP contribution < -0.4 is 10.6 Å². The summed E-state index contributed by atoms with van der Waals surface area (Å²) in [6, 6.07) is 1.71. The number of nitrogens with one attached hydrogen (secondary N) is 2. The van der Waals surface area contributed by atoms with Gasteiger partial charge in [-0.2, -0.15) is 0 Å². The van der Waals surface area contributed by atoms with Crippen molar-refractivity contribution in [3.8, 4) is 0 Å². The number of halogens is 1. The fraction of sp³-hybridized carbons (Fsp3) is 0.417. The van der Waals surface area contributed by atoms with Crippen LogP contribution >= 0.6 is 15.9 Å². The van der Waals surface area contributed by atoms with Gasteiger partial charge in [-0.3, -0.25) is 9.59 Å². The van der Waals surface area contributed by atoms with Crippen LogP contribution in [0.1, 0.15) is 16.8 Å². The summed E-state index contributed by atoms with van der Waals surface area (Å²) in [5.74, 6) is 0.202. The molecule has 2 rings (SSSR count). The molecule has 2 amide bonds. The monoisotopic (exact) mass is 326 g/mol. The first-order valence-corrected chi connectivity index (χ1v) is 6.80. The number of nitrogens with zero attached hydrogens (tertiary/aromatic N) is 2. The predicted octanol–water partition coefficient (Wildman–Crippen LogP) is 0.848. The molecule has 0 saturated carbocycles. The summed E-state index contributed by atoms with van der Waals surface area (Å²) < 4.78 is 0.731. The summed E-state index contributed by atoms with van der Waals surface area (Å²) in [5.41, 5.74) is 0.464. The van der Waals surface area contributed by atoms with E-state index in [1.54, 1.807) is 24.2 Å². The number of carbonyl (C=O) groups is 2. The smallest absolute Gasteiger partial charge is 0.258 e. The van der Waals surface area contributed by atoms with Crippen molar-refractivity contribution in [2.24, 2.45) is 0 Å². The van der Waals surface area contributed by atoms with Gasteiger partial charge in [-0.05, 0) is 28.4 Å². The second-order valence-corrected chi connectivity index (χ2v) is 5.15. The molecule has 1 fully saturated rings. The van der Waals surface area contributed by atoms with Crippen LogP contribution in [0.4, 0.5) is 5.82 Å². The van der Waals surface area contributed by atoms with Crippen molar-refractivity contribution in [1.82, 2.24) is 15.2 Å². The van der Waals surface area contributed by atoms with E-state index in [9.17, 15) is 9.59 Å².